The summed E-state index contributed by atoms with van der Waals surface area (Å²) in [6, 6.07) is 12.7. The Kier molecular flexibility index (Phi) is 6.40. The van der Waals surface area contributed by atoms with Crippen molar-refractivity contribution in [2.45, 2.75) is 13.0 Å². The van der Waals surface area contributed by atoms with E-state index < -0.39 is 12.0 Å². The van der Waals surface area contributed by atoms with Crippen molar-refractivity contribution in [3.05, 3.63) is 69.2 Å². The number of carbonyl (C=O) groups is 2. The number of nitrogens with zero attached hydrogens (tertiary/aromatic N) is 1. The Morgan fingerprint density at radius 1 is 1.21 bits per heavy atom. The zero-order valence-corrected chi connectivity index (χ0v) is 17.4. The number of H-pyrrole nitrogens is 1. The molecule has 10 heteroatoms. The summed E-state index contributed by atoms with van der Waals surface area (Å²) >= 11 is 9.26. The van der Waals surface area contributed by atoms with Crippen LogP contribution in [0.1, 0.15) is 28.9 Å². The molecule has 2 aromatic carbocycles. The van der Waals surface area contributed by atoms with Crippen molar-refractivity contribution in [3.8, 4) is 11.6 Å². The topological polar surface area (TPSA) is 116 Å². The highest BCUT2D eigenvalue weighted by Crippen LogP contribution is 2.30. The molecule has 0 spiro atoms. The van der Waals surface area contributed by atoms with Crippen LogP contribution in [-0.2, 0) is 0 Å². The summed E-state index contributed by atoms with van der Waals surface area (Å²) in [5.74, 6) is -0.147. The standard InChI is InChI=1S/C19H16BrClN4O4/c1-10(11-6-8-12(26)9-7-11)22-19(28)29-18-15(20)16(24-25-18)23-17(27)13-4-2-3-5-14(13)21/h2-10,26H,1H3,(H,22,28)(H2,23,24,25,27). The normalized spacial score (nSPS) is 11.6. The lowest BCUT2D eigenvalue weighted by atomic mass is 10.1. The van der Waals surface area contributed by atoms with E-state index in [9.17, 15) is 14.7 Å². The summed E-state index contributed by atoms with van der Waals surface area (Å²) < 4.78 is 5.46. The number of hydrogen-bond donors (Lipinski definition) is 4. The minimum atomic E-state index is -0.734. The van der Waals surface area contributed by atoms with Crippen LogP contribution in [-0.4, -0.2) is 27.3 Å². The van der Waals surface area contributed by atoms with E-state index in [4.69, 9.17) is 16.3 Å². The number of halogens is 2. The number of aromatic amines is 1. The Morgan fingerprint density at radius 3 is 2.59 bits per heavy atom. The second-order valence-electron chi connectivity index (χ2n) is 6.00. The van der Waals surface area contributed by atoms with E-state index in [1.165, 1.54) is 12.1 Å². The first-order valence-corrected chi connectivity index (χ1v) is 9.59. The van der Waals surface area contributed by atoms with Crippen LogP contribution in [0.15, 0.2) is 53.0 Å². The zero-order chi connectivity index (χ0) is 21.0. The summed E-state index contributed by atoms with van der Waals surface area (Å²) in [5.41, 5.74) is 1.08. The Morgan fingerprint density at radius 2 is 1.90 bits per heavy atom. The maximum Gasteiger partial charge on any atom is 0.414 e. The molecule has 3 rings (SSSR count). The molecule has 1 aromatic heterocycles. The molecule has 0 bridgehead atoms. The molecule has 0 saturated heterocycles. The zero-order valence-electron chi connectivity index (χ0n) is 15.1. The molecule has 0 saturated carbocycles. The van der Waals surface area contributed by atoms with Crippen LogP contribution >= 0.6 is 27.5 Å². The van der Waals surface area contributed by atoms with E-state index in [-0.39, 0.29) is 28.0 Å². The Labute approximate surface area is 179 Å². The number of carbonyl (C=O) groups excluding carboxylic acids is 2. The van der Waals surface area contributed by atoms with Crippen LogP contribution in [0, 0.1) is 0 Å². The van der Waals surface area contributed by atoms with Gasteiger partial charge in [0.1, 0.15) is 16.0 Å². The van der Waals surface area contributed by atoms with E-state index in [2.05, 4.69) is 36.8 Å². The van der Waals surface area contributed by atoms with Gasteiger partial charge in [0.25, 0.3) is 11.8 Å². The van der Waals surface area contributed by atoms with Crippen molar-refractivity contribution < 1.29 is 19.4 Å². The predicted molar refractivity (Wildman–Crippen MR) is 111 cm³/mol. The van der Waals surface area contributed by atoms with Gasteiger partial charge in [-0.3, -0.25) is 9.89 Å². The lowest BCUT2D eigenvalue weighted by molar-refractivity contribution is 0.102. The van der Waals surface area contributed by atoms with Gasteiger partial charge in [-0.2, -0.15) is 0 Å². The molecule has 0 radical (unpaired) electrons. The molecule has 1 unspecified atom stereocenters. The highest BCUT2D eigenvalue weighted by molar-refractivity contribution is 9.10. The fourth-order valence-corrected chi connectivity index (χ4v) is 3.01. The van der Waals surface area contributed by atoms with Gasteiger partial charge in [-0.15, -0.1) is 5.10 Å². The molecule has 4 N–H and O–H groups in total. The highest BCUT2D eigenvalue weighted by Gasteiger charge is 2.20. The highest BCUT2D eigenvalue weighted by atomic mass is 79.9. The lowest BCUT2D eigenvalue weighted by Crippen LogP contribution is -2.29. The van der Waals surface area contributed by atoms with Gasteiger partial charge in [0.05, 0.1) is 16.6 Å². The van der Waals surface area contributed by atoms with Crippen molar-refractivity contribution in [2.75, 3.05) is 5.32 Å². The quantitative estimate of drug-likeness (QED) is 0.426. The van der Waals surface area contributed by atoms with Gasteiger partial charge in [0, 0.05) is 0 Å². The first-order valence-electron chi connectivity index (χ1n) is 8.42. The minimum absolute atomic E-state index is 0.0464. The number of ether oxygens (including phenoxy) is 1. The minimum Gasteiger partial charge on any atom is -0.508 e. The number of hydrogen-bond acceptors (Lipinski definition) is 5. The number of aromatic nitrogens is 2. The van der Waals surface area contributed by atoms with Gasteiger partial charge in [0.15, 0.2) is 0 Å². The summed E-state index contributed by atoms with van der Waals surface area (Å²) in [6.45, 7) is 1.77. The van der Waals surface area contributed by atoms with Gasteiger partial charge < -0.3 is 20.5 Å². The molecule has 8 nitrogen and oxygen atoms in total. The lowest BCUT2D eigenvalue weighted by Gasteiger charge is -2.13. The van der Waals surface area contributed by atoms with E-state index in [1.54, 1.807) is 43.3 Å². The third-order valence-electron chi connectivity index (χ3n) is 3.95. The third-order valence-corrected chi connectivity index (χ3v) is 5.02. The fourth-order valence-electron chi connectivity index (χ4n) is 2.43. The van der Waals surface area contributed by atoms with Crippen LogP contribution in [0.5, 0.6) is 11.6 Å². The molecule has 0 aliphatic rings. The summed E-state index contributed by atoms with van der Waals surface area (Å²) in [5, 5.41) is 21.4. The van der Waals surface area contributed by atoms with Crippen LogP contribution in [0.3, 0.4) is 0 Å². The summed E-state index contributed by atoms with van der Waals surface area (Å²) in [4.78, 5) is 24.5. The van der Waals surface area contributed by atoms with Crippen LogP contribution in [0.4, 0.5) is 10.6 Å². The Bertz CT molecular complexity index is 1040. The smallest absolute Gasteiger partial charge is 0.414 e. The van der Waals surface area contributed by atoms with Crippen molar-refractivity contribution in [1.82, 2.24) is 15.5 Å². The van der Waals surface area contributed by atoms with E-state index >= 15 is 0 Å². The van der Waals surface area contributed by atoms with Gasteiger partial charge in [-0.25, -0.2) is 4.79 Å². The van der Waals surface area contributed by atoms with Gasteiger partial charge in [-0.05, 0) is 52.7 Å². The maximum absolute atomic E-state index is 12.3. The van der Waals surface area contributed by atoms with Gasteiger partial charge in [-0.1, -0.05) is 35.9 Å². The Hall–Kier alpha value is -3.04. The first-order chi connectivity index (χ1) is 13.8. The second kappa shape index (κ2) is 8.97. The van der Waals surface area contributed by atoms with E-state index in [0.717, 1.165) is 5.56 Å². The fraction of sp³-hybridized carbons (Fsp3) is 0.105. The van der Waals surface area contributed by atoms with Crippen LogP contribution in [0.25, 0.3) is 0 Å². The first kappa shape index (κ1) is 20.7. The molecule has 1 atom stereocenters. The molecule has 150 valence electrons. The molecular formula is C19H16BrClN4O4. The Balaban J connectivity index is 1.63. The number of nitrogens with one attached hydrogen (secondary N) is 3. The number of rotatable bonds is 5. The molecule has 0 aliphatic carbocycles. The van der Waals surface area contributed by atoms with Crippen molar-refractivity contribution in [1.29, 1.82) is 0 Å². The monoisotopic (exact) mass is 478 g/mol. The van der Waals surface area contributed by atoms with E-state index in [0.29, 0.717) is 10.6 Å². The van der Waals surface area contributed by atoms with E-state index in [1.807, 2.05) is 0 Å². The van der Waals surface area contributed by atoms with Crippen molar-refractivity contribution in [2.24, 2.45) is 0 Å². The summed E-state index contributed by atoms with van der Waals surface area (Å²) in [6.07, 6.45) is -0.734. The number of aromatic hydroxyl groups is 1. The number of phenols is 1. The average molecular weight is 480 g/mol. The second-order valence-corrected chi connectivity index (χ2v) is 7.20. The number of amides is 2. The van der Waals surface area contributed by atoms with Gasteiger partial charge >= 0.3 is 6.09 Å². The largest absolute Gasteiger partial charge is 0.508 e. The maximum atomic E-state index is 12.3. The van der Waals surface area contributed by atoms with Crippen LogP contribution < -0.4 is 15.4 Å². The number of benzene rings is 2. The SMILES string of the molecule is CC(NC(=O)Oc1n[nH]c(NC(=O)c2ccccc2Cl)c1Br)c1ccc(O)cc1. The molecule has 29 heavy (non-hydrogen) atoms. The molecule has 2 amide bonds. The molecule has 1 heterocycles. The molecular weight excluding hydrogens is 464 g/mol. The number of phenolic OH excluding ortho intramolecular Hbond substituents is 1. The number of anilines is 1. The predicted octanol–water partition coefficient (Wildman–Crippen LogP) is 4.63. The van der Waals surface area contributed by atoms with Gasteiger partial charge in [0.2, 0.25) is 0 Å². The molecule has 0 fully saturated rings. The average Bonchev–Trinajstić information content (AvgIpc) is 3.02. The van der Waals surface area contributed by atoms with Crippen molar-refractivity contribution in [3.63, 3.8) is 0 Å². The van der Waals surface area contributed by atoms with Crippen molar-refractivity contribution >= 4 is 45.3 Å². The molecule has 0 aliphatic heterocycles. The molecule has 3 aromatic rings. The van der Waals surface area contributed by atoms with Crippen LogP contribution in [0.2, 0.25) is 5.02 Å². The summed E-state index contributed by atoms with van der Waals surface area (Å²) in [7, 11) is 0. The third kappa shape index (κ3) is 5.07.